The van der Waals surface area contributed by atoms with Crippen LogP contribution in [-0.4, -0.2) is 17.3 Å². The minimum Gasteiger partial charge on any atom is -0.376 e. The molecule has 4 nitrogen and oxygen atoms in total. The molecule has 0 amide bonds. The lowest BCUT2D eigenvalue weighted by Crippen LogP contribution is -2.40. The van der Waals surface area contributed by atoms with E-state index >= 15 is 0 Å². The summed E-state index contributed by atoms with van der Waals surface area (Å²) in [5.41, 5.74) is 8.91. The Hall–Kier alpha value is -1.13. The van der Waals surface area contributed by atoms with Crippen LogP contribution in [0.2, 0.25) is 0 Å². The number of hydrogen-bond acceptors (Lipinski definition) is 3. The van der Waals surface area contributed by atoms with Crippen LogP contribution >= 0.6 is 0 Å². The molecule has 0 spiro atoms. The number of aromatic nitrogens is 1. The molecule has 1 aliphatic heterocycles. The second-order valence-electron chi connectivity index (χ2n) is 6.66. The van der Waals surface area contributed by atoms with E-state index in [9.17, 15) is 4.79 Å². The fourth-order valence-corrected chi connectivity index (χ4v) is 3.37. The molecule has 2 N–H and O–H groups in total. The maximum absolute atomic E-state index is 12.8. The van der Waals surface area contributed by atoms with Crippen LogP contribution in [0, 0.1) is 0 Å². The molecule has 20 heavy (non-hydrogen) atoms. The zero-order valence-corrected chi connectivity index (χ0v) is 12.4. The molecule has 0 bridgehead atoms. The first-order chi connectivity index (χ1) is 9.47. The molecule has 110 valence electrons. The first kappa shape index (κ1) is 13.8. The van der Waals surface area contributed by atoms with Crippen molar-refractivity contribution in [3.63, 3.8) is 0 Å². The summed E-state index contributed by atoms with van der Waals surface area (Å²) < 4.78 is 7.65. The average Bonchev–Trinajstić information content (AvgIpc) is 3.01. The van der Waals surface area contributed by atoms with E-state index in [-0.39, 0.29) is 11.7 Å². The van der Waals surface area contributed by atoms with Crippen molar-refractivity contribution in [1.29, 1.82) is 0 Å². The van der Waals surface area contributed by atoms with E-state index < -0.39 is 5.54 Å². The monoisotopic (exact) mass is 276 g/mol. The number of pyridine rings is 1. The molecule has 0 aromatic carbocycles. The Morgan fingerprint density at radius 2 is 2.20 bits per heavy atom. The Balaban J connectivity index is 2.06. The van der Waals surface area contributed by atoms with Crippen LogP contribution in [0.3, 0.4) is 0 Å². The lowest BCUT2D eigenvalue weighted by Gasteiger charge is -2.23. The molecular weight excluding hydrogens is 252 g/mol. The van der Waals surface area contributed by atoms with Gasteiger partial charge in [-0.2, -0.15) is 0 Å². The lowest BCUT2D eigenvalue weighted by atomic mass is 9.95. The summed E-state index contributed by atoms with van der Waals surface area (Å²) in [7, 11) is 0. The molecule has 3 rings (SSSR count). The van der Waals surface area contributed by atoms with Gasteiger partial charge in [0.25, 0.3) is 5.56 Å². The molecule has 1 atom stereocenters. The number of aryl methyl sites for hydroxylation is 1. The lowest BCUT2D eigenvalue weighted by molar-refractivity contribution is 0.0953. The first-order valence-electron chi connectivity index (χ1n) is 7.63. The molecule has 4 heteroatoms. The van der Waals surface area contributed by atoms with Crippen LogP contribution in [0.4, 0.5) is 0 Å². The Kier molecular flexibility index (Phi) is 3.46. The summed E-state index contributed by atoms with van der Waals surface area (Å²) in [5, 5.41) is 0. The third-order valence-electron chi connectivity index (χ3n) is 4.45. The summed E-state index contributed by atoms with van der Waals surface area (Å²) in [4.78, 5) is 12.8. The van der Waals surface area contributed by atoms with Gasteiger partial charge in [0.2, 0.25) is 0 Å². The number of rotatable bonds is 3. The van der Waals surface area contributed by atoms with Gasteiger partial charge in [0, 0.05) is 23.4 Å². The van der Waals surface area contributed by atoms with Crippen molar-refractivity contribution in [2.75, 3.05) is 6.61 Å². The molecule has 1 unspecified atom stereocenters. The van der Waals surface area contributed by atoms with E-state index in [2.05, 4.69) is 0 Å². The van der Waals surface area contributed by atoms with E-state index in [1.54, 1.807) is 0 Å². The smallest absolute Gasteiger partial charge is 0.255 e. The SMILES string of the molecule is CC(C)(N)c1cc2c(n(CC3CCCO3)c1=O)CCC2. The number of nitrogens with two attached hydrogens (primary N) is 1. The van der Waals surface area contributed by atoms with Gasteiger partial charge in [0.15, 0.2) is 0 Å². The third kappa shape index (κ3) is 2.42. The second kappa shape index (κ2) is 5.01. The van der Waals surface area contributed by atoms with Gasteiger partial charge >= 0.3 is 0 Å². The van der Waals surface area contributed by atoms with Crippen molar-refractivity contribution in [3.8, 4) is 0 Å². The molecule has 1 aromatic rings. The predicted molar refractivity (Wildman–Crippen MR) is 78.9 cm³/mol. The van der Waals surface area contributed by atoms with Crippen molar-refractivity contribution < 1.29 is 4.74 Å². The van der Waals surface area contributed by atoms with Gasteiger partial charge in [-0.1, -0.05) is 0 Å². The zero-order chi connectivity index (χ0) is 14.3. The highest BCUT2D eigenvalue weighted by Gasteiger charge is 2.27. The molecule has 0 saturated carbocycles. The van der Waals surface area contributed by atoms with Crippen LogP contribution in [0.15, 0.2) is 10.9 Å². The van der Waals surface area contributed by atoms with Crippen LogP contribution < -0.4 is 11.3 Å². The minimum absolute atomic E-state index is 0.0775. The van der Waals surface area contributed by atoms with E-state index in [0.717, 1.165) is 44.3 Å². The van der Waals surface area contributed by atoms with Gasteiger partial charge in [-0.25, -0.2) is 0 Å². The van der Waals surface area contributed by atoms with Gasteiger partial charge in [-0.15, -0.1) is 0 Å². The molecule has 2 heterocycles. The largest absolute Gasteiger partial charge is 0.376 e. The Morgan fingerprint density at radius 1 is 1.40 bits per heavy atom. The van der Waals surface area contributed by atoms with Gasteiger partial charge < -0.3 is 15.0 Å². The van der Waals surface area contributed by atoms with E-state index in [4.69, 9.17) is 10.5 Å². The average molecular weight is 276 g/mol. The molecular formula is C16H24N2O2. The van der Waals surface area contributed by atoms with Crippen LogP contribution in [0.5, 0.6) is 0 Å². The van der Waals surface area contributed by atoms with Crippen molar-refractivity contribution in [2.24, 2.45) is 5.73 Å². The van der Waals surface area contributed by atoms with Crippen molar-refractivity contribution in [2.45, 2.75) is 64.1 Å². The van der Waals surface area contributed by atoms with Gasteiger partial charge in [-0.3, -0.25) is 4.79 Å². The van der Waals surface area contributed by atoms with Crippen LogP contribution in [0.1, 0.15) is 49.9 Å². The number of hydrogen-bond donors (Lipinski definition) is 1. The van der Waals surface area contributed by atoms with Gasteiger partial charge in [-0.05, 0) is 57.6 Å². The molecule has 2 aliphatic rings. The Morgan fingerprint density at radius 3 is 2.85 bits per heavy atom. The van der Waals surface area contributed by atoms with E-state index in [0.29, 0.717) is 6.54 Å². The predicted octanol–water partition coefficient (Wildman–Crippen LogP) is 1.71. The summed E-state index contributed by atoms with van der Waals surface area (Å²) in [6.07, 6.45) is 5.54. The molecule has 1 fully saturated rings. The molecule has 1 aromatic heterocycles. The highest BCUT2D eigenvalue weighted by Crippen LogP contribution is 2.25. The van der Waals surface area contributed by atoms with Crippen LogP contribution in [-0.2, 0) is 29.7 Å². The summed E-state index contributed by atoms with van der Waals surface area (Å²) in [6, 6.07) is 2.04. The Bertz CT molecular complexity index is 563. The maximum atomic E-state index is 12.8. The number of fused-ring (bicyclic) bond motifs is 1. The highest BCUT2D eigenvalue weighted by atomic mass is 16.5. The van der Waals surface area contributed by atoms with Crippen molar-refractivity contribution in [1.82, 2.24) is 4.57 Å². The number of nitrogens with zero attached hydrogens (tertiary/aromatic N) is 1. The van der Waals surface area contributed by atoms with Crippen molar-refractivity contribution in [3.05, 3.63) is 33.2 Å². The van der Waals surface area contributed by atoms with Gasteiger partial charge in [0.05, 0.1) is 12.6 Å². The fourth-order valence-electron chi connectivity index (χ4n) is 3.37. The number of ether oxygens (including phenoxy) is 1. The molecule has 1 saturated heterocycles. The normalized spacial score (nSPS) is 22.2. The minimum atomic E-state index is -0.590. The molecule has 0 radical (unpaired) electrons. The van der Waals surface area contributed by atoms with Crippen LogP contribution in [0.25, 0.3) is 0 Å². The van der Waals surface area contributed by atoms with E-state index in [1.807, 2.05) is 24.5 Å². The zero-order valence-electron chi connectivity index (χ0n) is 12.4. The maximum Gasteiger partial charge on any atom is 0.255 e. The fraction of sp³-hybridized carbons (Fsp3) is 0.688. The topological polar surface area (TPSA) is 57.2 Å². The highest BCUT2D eigenvalue weighted by molar-refractivity contribution is 5.33. The molecule has 1 aliphatic carbocycles. The quantitative estimate of drug-likeness (QED) is 0.914. The second-order valence-corrected chi connectivity index (χ2v) is 6.66. The third-order valence-corrected chi connectivity index (χ3v) is 4.45. The summed E-state index contributed by atoms with van der Waals surface area (Å²) in [6.45, 7) is 5.32. The summed E-state index contributed by atoms with van der Waals surface area (Å²) >= 11 is 0. The van der Waals surface area contributed by atoms with Gasteiger partial charge in [0.1, 0.15) is 0 Å². The summed E-state index contributed by atoms with van der Waals surface area (Å²) in [5.74, 6) is 0. The van der Waals surface area contributed by atoms with E-state index in [1.165, 1.54) is 11.3 Å². The first-order valence-corrected chi connectivity index (χ1v) is 7.63. The van der Waals surface area contributed by atoms with Crippen molar-refractivity contribution >= 4 is 0 Å². The Labute approximate surface area is 119 Å². The standard InChI is InChI=1S/C16H24N2O2/c1-16(2,17)13-9-11-5-3-7-14(11)18(15(13)19)10-12-6-4-8-20-12/h9,12H,3-8,10,17H2,1-2H3.